The molecule has 0 spiro atoms. The van der Waals surface area contributed by atoms with E-state index in [1.165, 1.54) is 6.20 Å². The van der Waals surface area contributed by atoms with Gasteiger partial charge in [-0.05, 0) is 12.1 Å². The Bertz CT molecular complexity index is 530. The summed E-state index contributed by atoms with van der Waals surface area (Å²) in [6, 6.07) is 3.13. The van der Waals surface area contributed by atoms with E-state index in [1.807, 2.05) is 0 Å². The molecule has 0 bridgehead atoms. The average molecular weight is 286 g/mol. The summed E-state index contributed by atoms with van der Waals surface area (Å²) in [5.74, 6) is -0.495. The van der Waals surface area contributed by atoms with Crippen molar-refractivity contribution in [3.63, 3.8) is 0 Å². The molecule has 8 heteroatoms. The molecule has 0 aliphatic rings. The van der Waals surface area contributed by atoms with E-state index in [4.69, 9.17) is 5.73 Å². The van der Waals surface area contributed by atoms with Crippen LogP contribution >= 0.6 is 0 Å². The van der Waals surface area contributed by atoms with Crippen LogP contribution in [0.5, 0.6) is 0 Å². The number of carbonyl (C=O) groups excluding carboxylic acids is 1. The lowest BCUT2D eigenvalue weighted by Gasteiger charge is -2.07. The molecular weight excluding hydrogens is 268 g/mol. The van der Waals surface area contributed by atoms with Crippen LogP contribution in [0.3, 0.4) is 0 Å². The number of nitrogens with two attached hydrogens (primary N) is 1. The minimum Gasteiger partial charge on any atom is -0.351 e. The molecule has 0 aliphatic carbocycles. The first-order chi connectivity index (χ1) is 8.98. The number of sulfonamides is 1. The Morgan fingerprint density at radius 3 is 2.84 bits per heavy atom. The third-order valence-corrected chi connectivity index (χ3v) is 3.78. The molecule has 0 radical (unpaired) electrons. The molecule has 7 nitrogen and oxygen atoms in total. The fourth-order valence-electron chi connectivity index (χ4n) is 1.42. The van der Waals surface area contributed by atoms with Crippen LogP contribution < -0.4 is 15.8 Å². The molecule has 1 rings (SSSR count). The largest absolute Gasteiger partial charge is 0.351 e. The van der Waals surface area contributed by atoms with E-state index < -0.39 is 10.0 Å². The van der Waals surface area contributed by atoms with Crippen LogP contribution in [0.1, 0.15) is 23.0 Å². The summed E-state index contributed by atoms with van der Waals surface area (Å²) in [6.45, 7) is 2.33. The van der Waals surface area contributed by atoms with Gasteiger partial charge in [-0.1, -0.05) is 6.92 Å². The van der Waals surface area contributed by atoms with E-state index in [0.29, 0.717) is 17.8 Å². The smallest absolute Gasteiger partial charge is 0.251 e. The van der Waals surface area contributed by atoms with E-state index >= 15 is 0 Å². The highest BCUT2D eigenvalue weighted by Gasteiger charge is 2.10. The molecule has 4 N–H and O–H groups in total. The number of rotatable bonds is 7. The molecule has 0 aromatic carbocycles. The van der Waals surface area contributed by atoms with E-state index in [1.54, 1.807) is 19.1 Å². The predicted octanol–water partition coefficient (Wildman–Crippen LogP) is -0.791. The Hall–Kier alpha value is -1.51. The average Bonchev–Trinajstić information content (AvgIpc) is 2.38. The van der Waals surface area contributed by atoms with Gasteiger partial charge in [0.15, 0.2) is 0 Å². The fraction of sp³-hybridized carbons (Fsp3) is 0.455. The third-order valence-electron chi connectivity index (χ3n) is 2.31. The van der Waals surface area contributed by atoms with Crippen LogP contribution in [0.4, 0.5) is 0 Å². The lowest BCUT2D eigenvalue weighted by atomic mass is 10.2. The summed E-state index contributed by atoms with van der Waals surface area (Å²) < 4.78 is 25.1. The van der Waals surface area contributed by atoms with Crippen molar-refractivity contribution in [2.45, 2.75) is 13.5 Å². The summed E-state index contributed by atoms with van der Waals surface area (Å²) >= 11 is 0. The van der Waals surface area contributed by atoms with Gasteiger partial charge in [-0.2, -0.15) is 0 Å². The zero-order chi connectivity index (χ0) is 14.3. The standard InChI is InChI=1S/C11H18N4O3S/c1-2-15-19(17,18)6-5-14-11(16)9-3-4-13-10(7-9)8-12/h3-4,7,15H,2,5-6,8,12H2,1H3,(H,14,16). The molecule has 0 saturated carbocycles. The number of hydrogen-bond donors (Lipinski definition) is 3. The highest BCUT2D eigenvalue weighted by Crippen LogP contribution is 2.01. The van der Waals surface area contributed by atoms with Gasteiger partial charge in [0.2, 0.25) is 10.0 Å². The number of nitrogens with zero attached hydrogens (tertiary/aromatic N) is 1. The lowest BCUT2D eigenvalue weighted by molar-refractivity contribution is 0.0956. The molecule has 1 aromatic heterocycles. The van der Waals surface area contributed by atoms with Crippen LogP contribution in [0.15, 0.2) is 18.3 Å². The number of hydrogen-bond acceptors (Lipinski definition) is 5. The summed E-state index contributed by atoms with van der Waals surface area (Å²) in [4.78, 5) is 15.7. The topological polar surface area (TPSA) is 114 Å². The summed E-state index contributed by atoms with van der Waals surface area (Å²) in [5, 5.41) is 2.54. The van der Waals surface area contributed by atoms with Gasteiger partial charge in [-0.25, -0.2) is 13.1 Å². The molecular formula is C11H18N4O3S. The minimum atomic E-state index is -3.32. The van der Waals surface area contributed by atoms with Gasteiger partial charge < -0.3 is 11.1 Å². The summed E-state index contributed by atoms with van der Waals surface area (Å²) in [7, 11) is -3.32. The first kappa shape index (κ1) is 15.5. The fourth-order valence-corrected chi connectivity index (χ4v) is 2.38. The lowest BCUT2D eigenvalue weighted by Crippen LogP contribution is -2.34. The second-order valence-corrected chi connectivity index (χ2v) is 5.74. The van der Waals surface area contributed by atoms with Crippen molar-refractivity contribution in [3.05, 3.63) is 29.6 Å². The van der Waals surface area contributed by atoms with Crippen LogP contribution in [0.25, 0.3) is 0 Å². The van der Waals surface area contributed by atoms with Crippen molar-refractivity contribution >= 4 is 15.9 Å². The van der Waals surface area contributed by atoms with E-state index in [2.05, 4.69) is 15.0 Å². The first-order valence-electron chi connectivity index (χ1n) is 5.89. The second-order valence-electron chi connectivity index (χ2n) is 3.81. The normalized spacial score (nSPS) is 11.3. The molecule has 1 heterocycles. The van der Waals surface area contributed by atoms with E-state index in [0.717, 1.165) is 0 Å². The van der Waals surface area contributed by atoms with Crippen LogP contribution in [0.2, 0.25) is 0 Å². The van der Waals surface area contributed by atoms with E-state index in [-0.39, 0.29) is 24.7 Å². The maximum atomic E-state index is 11.8. The maximum Gasteiger partial charge on any atom is 0.251 e. The van der Waals surface area contributed by atoms with Crippen molar-refractivity contribution < 1.29 is 13.2 Å². The Kier molecular flexibility index (Phi) is 5.87. The van der Waals surface area contributed by atoms with Crippen LogP contribution in [-0.4, -0.2) is 38.2 Å². The predicted molar refractivity (Wildman–Crippen MR) is 71.9 cm³/mol. The molecule has 0 unspecified atom stereocenters. The molecule has 0 saturated heterocycles. The Morgan fingerprint density at radius 2 is 2.21 bits per heavy atom. The van der Waals surface area contributed by atoms with Gasteiger partial charge in [-0.15, -0.1) is 0 Å². The minimum absolute atomic E-state index is 0.0500. The zero-order valence-electron chi connectivity index (χ0n) is 10.7. The van der Waals surface area contributed by atoms with Crippen molar-refractivity contribution in [1.82, 2.24) is 15.0 Å². The number of aromatic nitrogens is 1. The summed E-state index contributed by atoms with van der Waals surface area (Å²) in [5.41, 5.74) is 6.45. The van der Waals surface area contributed by atoms with Crippen LogP contribution in [-0.2, 0) is 16.6 Å². The third kappa shape index (κ3) is 5.33. The van der Waals surface area contributed by atoms with Crippen molar-refractivity contribution in [2.24, 2.45) is 5.73 Å². The highest BCUT2D eigenvalue weighted by atomic mass is 32.2. The summed E-state index contributed by atoms with van der Waals surface area (Å²) in [6.07, 6.45) is 1.49. The van der Waals surface area contributed by atoms with Gasteiger partial charge in [0.05, 0.1) is 11.4 Å². The second kappa shape index (κ2) is 7.17. The SMILES string of the molecule is CCNS(=O)(=O)CCNC(=O)c1ccnc(CN)c1. The molecule has 19 heavy (non-hydrogen) atoms. The van der Waals surface area contributed by atoms with Gasteiger partial charge in [0.25, 0.3) is 5.91 Å². The highest BCUT2D eigenvalue weighted by molar-refractivity contribution is 7.89. The maximum absolute atomic E-state index is 11.8. The number of carbonyl (C=O) groups is 1. The van der Waals surface area contributed by atoms with Gasteiger partial charge in [0, 0.05) is 31.4 Å². The van der Waals surface area contributed by atoms with Crippen molar-refractivity contribution in [3.8, 4) is 0 Å². The molecule has 1 amide bonds. The molecule has 0 atom stereocenters. The number of nitrogens with one attached hydrogen (secondary N) is 2. The molecule has 0 aliphatic heterocycles. The first-order valence-corrected chi connectivity index (χ1v) is 7.54. The van der Waals surface area contributed by atoms with Crippen molar-refractivity contribution in [2.75, 3.05) is 18.8 Å². The van der Waals surface area contributed by atoms with Crippen molar-refractivity contribution in [1.29, 1.82) is 0 Å². The monoisotopic (exact) mass is 286 g/mol. The molecule has 1 aromatic rings. The zero-order valence-corrected chi connectivity index (χ0v) is 11.5. The molecule has 106 valence electrons. The Morgan fingerprint density at radius 1 is 1.47 bits per heavy atom. The van der Waals surface area contributed by atoms with Crippen LogP contribution in [0, 0.1) is 0 Å². The molecule has 0 fully saturated rings. The number of amides is 1. The van der Waals surface area contributed by atoms with Gasteiger partial charge in [0.1, 0.15) is 0 Å². The van der Waals surface area contributed by atoms with E-state index in [9.17, 15) is 13.2 Å². The van der Waals surface area contributed by atoms with Gasteiger partial charge in [-0.3, -0.25) is 9.78 Å². The number of pyridine rings is 1. The Labute approximate surface area is 112 Å². The quantitative estimate of drug-likeness (QED) is 0.607. The van der Waals surface area contributed by atoms with Gasteiger partial charge >= 0.3 is 0 Å². The Balaban J connectivity index is 2.52.